The monoisotopic (exact) mass is 604 g/mol. The van der Waals surface area contributed by atoms with E-state index in [2.05, 4.69) is 95.6 Å². The Labute approximate surface area is 142 Å². The molecule has 16 heavy (non-hydrogen) atoms. The number of aliphatic carboxylic acids is 1. The van der Waals surface area contributed by atoms with Gasteiger partial charge in [-0.2, -0.15) is 0 Å². The van der Waals surface area contributed by atoms with E-state index in [1.807, 2.05) is 0 Å². The lowest BCUT2D eigenvalue weighted by atomic mass is 10.0. The van der Waals surface area contributed by atoms with Gasteiger partial charge in [0.1, 0.15) is 11.9 Å². The number of hydrogen-bond donors (Lipinski definition) is 1. The van der Waals surface area contributed by atoms with Gasteiger partial charge < -0.3 is 5.11 Å². The van der Waals surface area contributed by atoms with Crippen LogP contribution < -0.4 is 0 Å². The van der Waals surface area contributed by atoms with E-state index in [0.717, 1.165) is 8.96 Å². The Morgan fingerprint density at radius 2 is 1.62 bits per heavy atom. The third-order valence-electron chi connectivity index (χ3n) is 2.65. The minimum absolute atomic E-state index is 0.271. The number of allylic oxidation sites excluding steroid dienone is 3. The van der Waals surface area contributed by atoms with Gasteiger partial charge in [0, 0.05) is 8.96 Å². The molecular weight excluding hydrogens is 608 g/mol. The smallest absolute Gasteiger partial charge is 0.333 e. The highest BCUT2D eigenvalue weighted by molar-refractivity contribution is 9.27. The van der Waals surface area contributed by atoms with E-state index in [0.29, 0.717) is 0 Å². The lowest BCUT2D eigenvalue weighted by Gasteiger charge is -2.34. The van der Waals surface area contributed by atoms with Crippen molar-refractivity contribution in [1.29, 1.82) is 0 Å². The van der Waals surface area contributed by atoms with Crippen LogP contribution in [0.1, 0.15) is 0 Å². The predicted octanol–water partition coefficient (Wildman–Crippen LogP) is 4.78. The third-order valence-corrected chi connectivity index (χ3v) is 13.5. The average Bonchev–Trinajstić information content (AvgIpc) is 2.39. The number of halogens is 6. The zero-order chi connectivity index (χ0) is 12.5. The van der Waals surface area contributed by atoms with Crippen molar-refractivity contribution in [2.75, 3.05) is 0 Å². The van der Waals surface area contributed by atoms with E-state index in [9.17, 15) is 9.90 Å². The van der Waals surface area contributed by atoms with Crippen molar-refractivity contribution in [1.82, 2.24) is 0 Å². The maximum absolute atomic E-state index is 11.3. The standard InChI is InChI=1S/C8H2Br6O2/c9-3-4(10)7(12)2(5(15)16)1-6(3,11)8(7,13)14/h1H,(H,15,16)/t6-,7+/m1/s1. The second-order valence-corrected chi connectivity index (χ2v) is 10.9. The van der Waals surface area contributed by atoms with Crippen molar-refractivity contribution in [3.05, 3.63) is 20.6 Å². The van der Waals surface area contributed by atoms with Crippen molar-refractivity contribution >= 4 is 102 Å². The Hall–Kier alpha value is 1.83. The summed E-state index contributed by atoms with van der Waals surface area (Å²) in [4.78, 5) is 11.3. The van der Waals surface area contributed by atoms with Gasteiger partial charge >= 0.3 is 5.97 Å². The first kappa shape index (κ1) is 14.2. The van der Waals surface area contributed by atoms with E-state index < -0.39 is 17.9 Å². The van der Waals surface area contributed by atoms with E-state index in [1.165, 1.54) is 0 Å². The summed E-state index contributed by atoms with van der Waals surface area (Å²) < 4.78 is -0.601. The summed E-state index contributed by atoms with van der Waals surface area (Å²) in [5, 5.41) is 9.23. The first-order valence-corrected chi connectivity index (χ1v) is 8.65. The van der Waals surface area contributed by atoms with E-state index in [-0.39, 0.29) is 5.57 Å². The molecule has 0 aliphatic heterocycles. The molecule has 0 spiro atoms. The Bertz CT molecular complexity index is 467. The topological polar surface area (TPSA) is 37.3 Å². The molecule has 2 aliphatic rings. The van der Waals surface area contributed by atoms with Gasteiger partial charge in [0.25, 0.3) is 0 Å². The molecule has 2 nitrogen and oxygen atoms in total. The van der Waals surface area contributed by atoms with E-state index >= 15 is 0 Å². The number of fused-ring (bicyclic) bond motifs is 2. The van der Waals surface area contributed by atoms with Gasteiger partial charge in [0.15, 0.2) is 0 Å². The van der Waals surface area contributed by atoms with E-state index in [4.69, 9.17) is 0 Å². The van der Waals surface area contributed by atoms with Gasteiger partial charge in [0.05, 0.1) is 5.57 Å². The molecule has 0 aromatic carbocycles. The molecule has 0 amide bonds. The molecule has 0 unspecified atom stereocenters. The largest absolute Gasteiger partial charge is 0.478 e. The number of rotatable bonds is 1. The van der Waals surface area contributed by atoms with Crippen LogP contribution in [0.4, 0.5) is 0 Å². The molecule has 0 heterocycles. The van der Waals surface area contributed by atoms with Gasteiger partial charge in [0.2, 0.25) is 0 Å². The van der Waals surface area contributed by atoms with Gasteiger partial charge in [-0.1, -0.05) is 95.6 Å². The number of alkyl halides is 4. The first-order valence-electron chi connectivity index (χ1n) is 3.89. The number of carboxylic acids is 1. The molecule has 0 radical (unpaired) electrons. The molecule has 0 fully saturated rings. The van der Waals surface area contributed by atoms with Crippen LogP contribution in [0.15, 0.2) is 20.6 Å². The highest BCUT2D eigenvalue weighted by atomic mass is 79.9. The summed E-state index contributed by atoms with van der Waals surface area (Å²) in [6.07, 6.45) is 1.67. The summed E-state index contributed by atoms with van der Waals surface area (Å²) in [6.45, 7) is 0. The molecule has 2 rings (SSSR count). The minimum atomic E-state index is -0.960. The molecule has 1 N–H and O–H groups in total. The highest BCUT2D eigenvalue weighted by Gasteiger charge is 2.73. The second-order valence-electron chi connectivity index (χ2n) is 3.44. The Morgan fingerprint density at radius 1 is 1.12 bits per heavy atom. The SMILES string of the molecule is O=C(O)C1=C[C@@]2(Br)C(Br)=C(Br)[C@]1(Br)C2(Br)Br. The van der Waals surface area contributed by atoms with Gasteiger partial charge in [-0.15, -0.1) is 0 Å². The predicted molar refractivity (Wildman–Crippen MR) is 84.5 cm³/mol. The quantitative estimate of drug-likeness (QED) is 0.435. The molecule has 0 aromatic heterocycles. The summed E-state index contributed by atoms with van der Waals surface area (Å²) in [6, 6.07) is 0. The molecule has 0 aromatic rings. The fourth-order valence-corrected chi connectivity index (χ4v) is 8.15. The molecule has 88 valence electrons. The lowest BCUT2D eigenvalue weighted by Crippen LogP contribution is -2.43. The molecule has 2 bridgehead atoms. The maximum Gasteiger partial charge on any atom is 0.333 e. The van der Waals surface area contributed by atoms with Gasteiger partial charge in [-0.3, -0.25) is 0 Å². The zero-order valence-electron chi connectivity index (χ0n) is 7.20. The first-order chi connectivity index (χ1) is 7.10. The molecule has 8 heteroatoms. The van der Waals surface area contributed by atoms with Crippen molar-refractivity contribution in [3.8, 4) is 0 Å². The van der Waals surface area contributed by atoms with Crippen LogP contribution >= 0.6 is 95.6 Å². The Kier molecular flexibility index (Phi) is 3.48. The third kappa shape index (κ3) is 1.35. The zero-order valence-corrected chi connectivity index (χ0v) is 16.7. The van der Waals surface area contributed by atoms with Crippen LogP contribution in [0.5, 0.6) is 0 Å². The lowest BCUT2D eigenvalue weighted by molar-refractivity contribution is -0.132. The summed E-state index contributed by atoms with van der Waals surface area (Å²) in [5.74, 6) is -0.960. The van der Waals surface area contributed by atoms with Crippen LogP contribution in [0, 0.1) is 0 Å². The van der Waals surface area contributed by atoms with Crippen LogP contribution in [-0.2, 0) is 4.79 Å². The van der Waals surface area contributed by atoms with Crippen molar-refractivity contribution < 1.29 is 9.90 Å². The van der Waals surface area contributed by atoms with Crippen molar-refractivity contribution in [2.45, 2.75) is 11.9 Å². The van der Waals surface area contributed by atoms with Crippen LogP contribution in [0.25, 0.3) is 0 Å². The second kappa shape index (κ2) is 3.91. The van der Waals surface area contributed by atoms with Crippen LogP contribution in [0.3, 0.4) is 0 Å². The maximum atomic E-state index is 11.3. The van der Waals surface area contributed by atoms with Crippen molar-refractivity contribution in [3.63, 3.8) is 0 Å². The minimum Gasteiger partial charge on any atom is -0.478 e. The highest BCUT2D eigenvalue weighted by Crippen LogP contribution is 2.74. The summed E-state index contributed by atoms with van der Waals surface area (Å²) >= 11 is 21.0. The number of carbonyl (C=O) groups is 1. The Morgan fingerprint density at radius 3 is 1.94 bits per heavy atom. The van der Waals surface area contributed by atoms with Gasteiger partial charge in [-0.05, 0) is 6.08 Å². The van der Waals surface area contributed by atoms with Crippen molar-refractivity contribution in [2.24, 2.45) is 0 Å². The fraction of sp³-hybridized carbons (Fsp3) is 0.375. The van der Waals surface area contributed by atoms with Crippen LogP contribution in [-0.4, -0.2) is 23.0 Å². The summed E-state index contributed by atoms with van der Waals surface area (Å²) in [7, 11) is 0. The molecular formula is C8H2Br6O2. The number of carboxylic acid groups (broad SMARTS) is 1. The normalized spacial score (nSPS) is 40.2. The van der Waals surface area contributed by atoms with Crippen LogP contribution in [0.2, 0.25) is 0 Å². The van der Waals surface area contributed by atoms with Gasteiger partial charge in [-0.25, -0.2) is 4.79 Å². The fourth-order valence-electron chi connectivity index (χ4n) is 1.79. The summed E-state index contributed by atoms with van der Waals surface area (Å²) in [5.41, 5.74) is 0.271. The molecule has 0 saturated carbocycles. The molecule has 2 atom stereocenters. The number of hydrogen-bond acceptors (Lipinski definition) is 1. The molecule has 0 saturated heterocycles. The van der Waals surface area contributed by atoms with E-state index in [1.54, 1.807) is 6.08 Å². The Balaban J connectivity index is 2.76. The average molecular weight is 610 g/mol. The molecule has 2 aliphatic carbocycles.